The average Bonchev–Trinajstić information content (AvgIpc) is 3.36. The number of hydrogen-bond acceptors (Lipinski definition) is 5. The molecule has 32 heavy (non-hydrogen) atoms. The van der Waals surface area contributed by atoms with Crippen LogP contribution in [0.25, 0.3) is 5.82 Å². The molecule has 0 atom stereocenters. The van der Waals surface area contributed by atoms with E-state index in [2.05, 4.69) is 31.0 Å². The molecular weight excluding hydrogens is 413 g/mol. The molecule has 0 unspecified atom stereocenters. The first-order chi connectivity index (χ1) is 15.6. The Morgan fingerprint density at radius 2 is 1.94 bits per heavy atom. The fraction of sp³-hybridized carbons (Fsp3) is 0.318. The number of nitrogens with one attached hydrogen (secondary N) is 3. The zero-order chi connectivity index (χ0) is 22.3. The van der Waals surface area contributed by atoms with Crippen molar-refractivity contribution in [1.29, 1.82) is 0 Å². The molecule has 3 amide bonds. The summed E-state index contributed by atoms with van der Waals surface area (Å²) in [7, 11) is 0. The Kier molecular flexibility index (Phi) is 6.69. The standard InChI is InChI=1S/C22H24FN7O2/c23-18-8-7-17(10-19(18)29-21(31)16-4-2-1-3-5-16)28-22(32)26-12-15-6-9-20(25-11-15)30-14-24-13-27-30/h6-11,13-14,16H,1-5,12H2,(H,29,31)(H2,26,28,32). The minimum atomic E-state index is -0.543. The van der Waals surface area contributed by atoms with E-state index in [1.807, 2.05) is 6.07 Å². The maximum absolute atomic E-state index is 14.2. The number of hydrogen-bond donors (Lipinski definition) is 3. The summed E-state index contributed by atoms with van der Waals surface area (Å²) < 4.78 is 15.7. The van der Waals surface area contributed by atoms with Gasteiger partial charge in [-0.3, -0.25) is 4.79 Å². The minimum Gasteiger partial charge on any atom is -0.334 e. The van der Waals surface area contributed by atoms with E-state index in [1.54, 1.807) is 18.6 Å². The molecule has 0 saturated heterocycles. The van der Waals surface area contributed by atoms with Crippen LogP contribution >= 0.6 is 0 Å². The second kappa shape index (κ2) is 9.99. The third-order valence-electron chi connectivity index (χ3n) is 5.37. The topological polar surface area (TPSA) is 114 Å². The fourth-order valence-corrected chi connectivity index (χ4v) is 3.64. The van der Waals surface area contributed by atoms with Crippen LogP contribution < -0.4 is 16.0 Å². The zero-order valence-corrected chi connectivity index (χ0v) is 17.4. The molecule has 4 rings (SSSR count). The molecule has 3 aromatic rings. The van der Waals surface area contributed by atoms with Gasteiger partial charge in [0, 0.05) is 24.3 Å². The minimum absolute atomic E-state index is 0.0614. The number of carbonyl (C=O) groups excluding carboxylic acids is 2. The number of carbonyl (C=O) groups is 2. The quantitative estimate of drug-likeness (QED) is 0.545. The Labute approximate surface area is 184 Å². The fourth-order valence-electron chi connectivity index (χ4n) is 3.64. The molecule has 0 radical (unpaired) electrons. The predicted molar refractivity (Wildman–Crippen MR) is 117 cm³/mol. The third kappa shape index (κ3) is 5.45. The number of rotatable bonds is 6. The molecule has 1 fully saturated rings. The molecule has 1 aliphatic carbocycles. The molecule has 9 nitrogen and oxygen atoms in total. The largest absolute Gasteiger partial charge is 0.334 e. The van der Waals surface area contributed by atoms with Gasteiger partial charge in [0.25, 0.3) is 0 Å². The van der Waals surface area contributed by atoms with Gasteiger partial charge in [0.05, 0.1) is 5.69 Å². The van der Waals surface area contributed by atoms with Gasteiger partial charge in [-0.05, 0) is 42.7 Å². The Hall–Kier alpha value is -3.82. The first kappa shape index (κ1) is 21.4. The Morgan fingerprint density at radius 1 is 1.09 bits per heavy atom. The molecule has 2 aromatic heterocycles. The monoisotopic (exact) mass is 437 g/mol. The molecule has 1 saturated carbocycles. The number of amides is 3. The van der Waals surface area contributed by atoms with Crippen LogP contribution in [-0.2, 0) is 11.3 Å². The van der Waals surface area contributed by atoms with Gasteiger partial charge in [0.1, 0.15) is 18.5 Å². The van der Waals surface area contributed by atoms with Gasteiger partial charge in [-0.2, -0.15) is 5.10 Å². The summed E-state index contributed by atoms with van der Waals surface area (Å²) in [4.78, 5) is 32.8. The predicted octanol–water partition coefficient (Wildman–Crippen LogP) is 3.64. The van der Waals surface area contributed by atoms with E-state index in [0.717, 1.165) is 37.7 Å². The Balaban J connectivity index is 1.31. The number of urea groups is 1. The van der Waals surface area contributed by atoms with Gasteiger partial charge >= 0.3 is 6.03 Å². The molecule has 1 aliphatic rings. The van der Waals surface area contributed by atoms with Gasteiger partial charge < -0.3 is 16.0 Å². The van der Waals surface area contributed by atoms with Crippen LogP contribution in [0.1, 0.15) is 37.7 Å². The lowest BCUT2D eigenvalue weighted by Gasteiger charge is -2.21. The highest BCUT2D eigenvalue weighted by Crippen LogP contribution is 2.26. The Bertz CT molecular complexity index is 1060. The molecular formula is C22H24FN7O2. The maximum Gasteiger partial charge on any atom is 0.319 e. The van der Waals surface area contributed by atoms with E-state index >= 15 is 0 Å². The molecule has 2 heterocycles. The number of benzene rings is 1. The molecule has 0 bridgehead atoms. The number of pyridine rings is 1. The number of aromatic nitrogens is 4. The van der Waals surface area contributed by atoms with Crippen molar-refractivity contribution in [1.82, 2.24) is 25.1 Å². The van der Waals surface area contributed by atoms with Crippen molar-refractivity contribution < 1.29 is 14.0 Å². The van der Waals surface area contributed by atoms with Crippen molar-refractivity contribution in [3.05, 3.63) is 60.6 Å². The van der Waals surface area contributed by atoms with Gasteiger partial charge in [-0.1, -0.05) is 25.3 Å². The summed E-state index contributed by atoms with van der Waals surface area (Å²) in [5.74, 6) is -0.192. The number of anilines is 2. The van der Waals surface area contributed by atoms with Crippen LogP contribution in [0, 0.1) is 11.7 Å². The third-order valence-corrected chi connectivity index (χ3v) is 5.37. The van der Waals surface area contributed by atoms with Crippen LogP contribution in [0.4, 0.5) is 20.6 Å². The van der Waals surface area contributed by atoms with E-state index in [1.165, 1.54) is 29.2 Å². The maximum atomic E-state index is 14.2. The zero-order valence-electron chi connectivity index (χ0n) is 17.4. The van der Waals surface area contributed by atoms with Gasteiger partial charge in [0.2, 0.25) is 5.91 Å². The first-order valence-corrected chi connectivity index (χ1v) is 10.5. The number of halogens is 1. The van der Waals surface area contributed by atoms with Crippen molar-refractivity contribution in [2.75, 3.05) is 10.6 Å². The van der Waals surface area contributed by atoms with Crippen molar-refractivity contribution in [2.24, 2.45) is 5.92 Å². The highest BCUT2D eigenvalue weighted by atomic mass is 19.1. The summed E-state index contributed by atoms with van der Waals surface area (Å²) in [5, 5.41) is 12.0. The van der Waals surface area contributed by atoms with Crippen LogP contribution in [0.2, 0.25) is 0 Å². The molecule has 10 heteroatoms. The second-order valence-electron chi connectivity index (χ2n) is 7.69. The lowest BCUT2D eigenvalue weighted by molar-refractivity contribution is -0.120. The lowest BCUT2D eigenvalue weighted by atomic mass is 9.88. The summed E-state index contributed by atoms with van der Waals surface area (Å²) in [5.41, 5.74) is 1.23. The van der Waals surface area contributed by atoms with Gasteiger partial charge in [-0.25, -0.2) is 23.8 Å². The molecule has 3 N–H and O–H groups in total. The average molecular weight is 437 g/mol. The summed E-state index contributed by atoms with van der Waals surface area (Å²) >= 11 is 0. The van der Waals surface area contributed by atoms with E-state index in [4.69, 9.17) is 0 Å². The van der Waals surface area contributed by atoms with E-state index in [9.17, 15) is 14.0 Å². The highest BCUT2D eigenvalue weighted by Gasteiger charge is 2.22. The van der Waals surface area contributed by atoms with E-state index in [-0.39, 0.29) is 24.1 Å². The summed E-state index contributed by atoms with van der Waals surface area (Å²) in [6, 6.07) is 7.22. The van der Waals surface area contributed by atoms with Crippen LogP contribution in [0.5, 0.6) is 0 Å². The molecule has 166 valence electrons. The van der Waals surface area contributed by atoms with Gasteiger partial charge in [0.15, 0.2) is 5.82 Å². The normalized spacial score (nSPS) is 14.0. The van der Waals surface area contributed by atoms with E-state index in [0.29, 0.717) is 11.5 Å². The Morgan fingerprint density at radius 3 is 2.66 bits per heavy atom. The number of nitrogens with zero attached hydrogens (tertiary/aromatic N) is 4. The van der Waals surface area contributed by atoms with Crippen molar-refractivity contribution in [2.45, 2.75) is 38.6 Å². The van der Waals surface area contributed by atoms with E-state index < -0.39 is 11.8 Å². The van der Waals surface area contributed by atoms with Crippen LogP contribution in [0.15, 0.2) is 49.2 Å². The lowest BCUT2D eigenvalue weighted by Crippen LogP contribution is -2.28. The highest BCUT2D eigenvalue weighted by molar-refractivity contribution is 5.94. The summed E-state index contributed by atoms with van der Waals surface area (Å²) in [6.45, 7) is 0.253. The smallest absolute Gasteiger partial charge is 0.319 e. The summed E-state index contributed by atoms with van der Waals surface area (Å²) in [6.07, 6.45) is 9.40. The van der Waals surface area contributed by atoms with Gasteiger partial charge in [-0.15, -0.1) is 0 Å². The SMILES string of the molecule is O=C(NCc1ccc(-n2cncn2)nc1)Nc1ccc(F)c(NC(=O)C2CCCCC2)c1. The van der Waals surface area contributed by atoms with Crippen LogP contribution in [0.3, 0.4) is 0 Å². The van der Waals surface area contributed by atoms with Crippen molar-refractivity contribution >= 4 is 23.3 Å². The molecule has 0 spiro atoms. The van der Waals surface area contributed by atoms with Crippen molar-refractivity contribution in [3.63, 3.8) is 0 Å². The van der Waals surface area contributed by atoms with Crippen LogP contribution in [-0.4, -0.2) is 31.7 Å². The molecule has 0 aliphatic heterocycles. The first-order valence-electron chi connectivity index (χ1n) is 10.5. The van der Waals surface area contributed by atoms with Crippen molar-refractivity contribution in [3.8, 4) is 5.82 Å². The molecule has 1 aromatic carbocycles. The second-order valence-corrected chi connectivity index (χ2v) is 7.69.